The van der Waals surface area contributed by atoms with Crippen LogP contribution >= 0.6 is 0 Å². The van der Waals surface area contributed by atoms with E-state index in [1.165, 1.54) is 27.5 Å². The summed E-state index contributed by atoms with van der Waals surface area (Å²) in [5.74, 6) is 1.99. The maximum absolute atomic E-state index is 4.85. The van der Waals surface area contributed by atoms with Crippen LogP contribution in [-0.4, -0.2) is 15.0 Å². The van der Waals surface area contributed by atoms with Crippen molar-refractivity contribution in [3.63, 3.8) is 0 Å². The van der Waals surface area contributed by atoms with Crippen molar-refractivity contribution in [1.82, 2.24) is 15.0 Å². The molecule has 0 saturated carbocycles. The lowest BCUT2D eigenvalue weighted by Crippen LogP contribution is -2.00. The highest BCUT2D eigenvalue weighted by Crippen LogP contribution is 2.30. The molecule has 0 N–H and O–H groups in total. The monoisotopic (exact) mass is 511 g/mol. The Kier molecular flexibility index (Phi) is 6.15. The third-order valence-electron chi connectivity index (χ3n) is 7.12. The first-order chi connectivity index (χ1) is 19.8. The van der Waals surface area contributed by atoms with Gasteiger partial charge in [-0.25, -0.2) is 15.0 Å². The molecule has 0 aliphatic rings. The summed E-state index contributed by atoms with van der Waals surface area (Å²) in [4.78, 5) is 14.5. The van der Waals surface area contributed by atoms with Gasteiger partial charge in [0.05, 0.1) is 0 Å². The highest BCUT2D eigenvalue weighted by atomic mass is 15.0. The molecule has 0 fully saturated rings. The SMILES string of the molecule is c1ccc(-c2ccc3cc(-c4ccc(-c5nc(-c6ccccc6)nc(-c6ccccc6)n5)cc4)ccc3c2)cc1. The second-order valence-corrected chi connectivity index (χ2v) is 9.76. The molecule has 7 aromatic rings. The molecule has 0 bridgehead atoms. The van der Waals surface area contributed by atoms with Crippen LogP contribution in [0.4, 0.5) is 0 Å². The summed E-state index contributed by atoms with van der Waals surface area (Å²) in [6.07, 6.45) is 0. The molecule has 0 saturated heterocycles. The van der Waals surface area contributed by atoms with E-state index >= 15 is 0 Å². The molecular weight excluding hydrogens is 486 g/mol. The average molecular weight is 512 g/mol. The first kappa shape index (κ1) is 23.7. The Hall–Kier alpha value is -5.41. The fraction of sp³-hybridized carbons (Fsp3) is 0. The predicted octanol–water partition coefficient (Wildman–Crippen LogP) is 9.36. The van der Waals surface area contributed by atoms with E-state index in [2.05, 4.69) is 84.9 Å². The fourth-order valence-electron chi connectivity index (χ4n) is 4.98. The predicted molar refractivity (Wildman–Crippen MR) is 165 cm³/mol. The summed E-state index contributed by atoms with van der Waals surface area (Å²) < 4.78 is 0. The van der Waals surface area contributed by atoms with Crippen LogP contribution in [0.2, 0.25) is 0 Å². The van der Waals surface area contributed by atoms with E-state index in [-0.39, 0.29) is 0 Å². The summed E-state index contributed by atoms with van der Waals surface area (Å²) in [7, 11) is 0. The normalized spacial score (nSPS) is 11.0. The smallest absolute Gasteiger partial charge is 0.164 e. The lowest BCUT2D eigenvalue weighted by atomic mass is 9.97. The minimum absolute atomic E-state index is 0.659. The molecular formula is C37H25N3. The molecule has 0 radical (unpaired) electrons. The maximum atomic E-state index is 4.85. The molecule has 1 heterocycles. The van der Waals surface area contributed by atoms with Gasteiger partial charge in [0.25, 0.3) is 0 Å². The Morgan fingerprint density at radius 1 is 0.250 bits per heavy atom. The van der Waals surface area contributed by atoms with Gasteiger partial charge in [0, 0.05) is 16.7 Å². The van der Waals surface area contributed by atoms with E-state index in [0.29, 0.717) is 17.5 Å². The number of fused-ring (bicyclic) bond motifs is 1. The molecule has 0 aliphatic carbocycles. The maximum Gasteiger partial charge on any atom is 0.164 e. The molecule has 0 aliphatic heterocycles. The van der Waals surface area contributed by atoms with Crippen LogP contribution in [0.3, 0.4) is 0 Å². The number of nitrogens with zero attached hydrogens (tertiary/aromatic N) is 3. The van der Waals surface area contributed by atoms with Crippen LogP contribution in [0.5, 0.6) is 0 Å². The van der Waals surface area contributed by atoms with Crippen molar-refractivity contribution in [2.24, 2.45) is 0 Å². The first-order valence-corrected chi connectivity index (χ1v) is 13.4. The van der Waals surface area contributed by atoms with Gasteiger partial charge in [-0.2, -0.15) is 0 Å². The van der Waals surface area contributed by atoms with E-state index in [0.717, 1.165) is 22.3 Å². The highest BCUT2D eigenvalue weighted by Gasteiger charge is 2.12. The number of rotatable bonds is 5. The Labute approximate surface area is 233 Å². The van der Waals surface area contributed by atoms with Crippen molar-refractivity contribution < 1.29 is 0 Å². The minimum atomic E-state index is 0.659. The fourth-order valence-corrected chi connectivity index (χ4v) is 4.98. The minimum Gasteiger partial charge on any atom is -0.208 e. The molecule has 7 rings (SSSR count). The summed E-state index contributed by atoms with van der Waals surface area (Å²) in [6.45, 7) is 0. The number of hydrogen-bond donors (Lipinski definition) is 0. The van der Waals surface area contributed by atoms with Gasteiger partial charge in [-0.15, -0.1) is 0 Å². The van der Waals surface area contributed by atoms with Crippen LogP contribution < -0.4 is 0 Å². The topological polar surface area (TPSA) is 38.7 Å². The Morgan fingerprint density at radius 2 is 0.550 bits per heavy atom. The Bertz CT molecular complexity index is 1860. The van der Waals surface area contributed by atoms with Gasteiger partial charge in [0.15, 0.2) is 17.5 Å². The molecule has 40 heavy (non-hydrogen) atoms. The van der Waals surface area contributed by atoms with Crippen LogP contribution in [0.25, 0.3) is 67.2 Å². The van der Waals surface area contributed by atoms with Crippen molar-refractivity contribution in [2.45, 2.75) is 0 Å². The first-order valence-electron chi connectivity index (χ1n) is 13.4. The van der Waals surface area contributed by atoms with Crippen molar-refractivity contribution in [1.29, 1.82) is 0 Å². The molecule has 3 heteroatoms. The van der Waals surface area contributed by atoms with Crippen molar-refractivity contribution in [2.75, 3.05) is 0 Å². The van der Waals surface area contributed by atoms with E-state index in [9.17, 15) is 0 Å². The molecule has 188 valence electrons. The molecule has 0 amide bonds. The van der Waals surface area contributed by atoms with Gasteiger partial charge >= 0.3 is 0 Å². The molecule has 0 spiro atoms. The second kappa shape index (κ2) is 10.4. The molecule has 3 nitrogen and oxygen atoms in total. The zero-order valence-electron chi connectivity index (χ0n) is 21.8. The van der Waals surface area contributed by atoms with Gasteiger partial charge in [-0.1, -0.05) is 140 Å². The van der Waals surface area contributed by atoms with Crippen LogP contribution in [0.15, 0.2) is 152 Å². The van der Waals surface area contributed by atoms with Crippen LogP contribution in [-0.2, 0) is 0 Å². The lowest BCUT2D eigenvalue weighted by molar-refractivity contribution is 1.07. The zero-order valence-corrected chi connectivity index (χ0v) is 21.8. The van der Waals surface area contributed by atoms with E-state index in [1.807, 2.05) is 66.7 Å². The van der Waals surface area contributed by atoms with Crippen molar-refractivity contribution in [3.05, 3.63) is 152 Å². The summed E-state index contributed by atoms with van der Waals surface area (Å²) in [6, 6.07) is 52.4. The number of benzene rings is 6. The van der Waals surface area contributed by atoms with E-state index in [4.69, 9.17) is 15.0 Å². The van der Waals surface area contributed by atoms with Gasteiger partial charge < -0.3 is 0 Å². The number of aromatic nitrogens is 3. The summed E-state index contributed by atoms with van der Waals surface area (Å²) >= 11 is 0. The van der Waals surface area contributed by atoms with Gasteiger partial charge in [0.2, 0.25) is 0 Å². The number of hydrogen-bond acceptors (Lipinski definition) is 3. The molecule has 0 unspecified atom stereocenters. The third-order valence-corrected chi connectivity index (χ3v) is 7.12. The molecule has 6 aromatic carbocycles. The van der Waals surface area contributed by atoms with Crippen LogP contribution in [0, 0.1) is 0 Å². The van der Waals surface area contributed by atoms with E-state index in [1.54, 1.807) is 0 Å². The molecule has 1 aromatic heterocycles. The van der Waals surface area contributed by atoms with Crippen LogP contribution in [0.1, 0.15) is 0 Å². The third kappa shape index (κ3) is 4.77. The lowest BCUT2D eigenvalue weighted by Gasteiger charge is -2.10. The largest absolute Gasteiger partial charge is 0.208 e. The van der Waals surface area contributed by atoms with Gasteiger partial charge in [-0.3, -0.25) is 0 Å². The highest BCUT2D eigenvalue weighted by molar-refractivity contribution is 5.91. The summed E-state index contributed by atoms with van der Waals surface area (Å²) in [5, 5.41) is 2.45. The quantitative estimate of drug-likeness (QED) is 0.231. The van der Waals surface area contributed by atoms with Crippen molar-refractivity contribution in [3.8, 4) is 56.4 Å². The van der Waals surface area contributed by atoms with E-state index < -0.39 is 0 Å². The van der Waals surface area contributed by atoms with Crippen molar-refractivity contribution >= 4 is 10.8 Å². The summed E-state index contributed by atoms with van der Waals surface area (Å²) in [5.41, 5.74) is 7.67. The standard InChI is InChI=1S/C37H25N3/c1-4-10-26(11-5-1)31-20-22-34-25-32(21-23-33(34)24-31)27-16-18-30(19-17-27)37-39-35(28-12-6-2-7-13-28)38-36(40-37)29-14-8-3-9-15-29/h1-25H. The second-order valence-electron chi connectivity index (χ2n) is 9.76. The average Bonchev–Trinajstić information content (AvgIpc) is 3.05. The van der Waals surface area contributed by atoms with Gasteiger partial charge in [0.1, 0.15) is 0 Å². The zero-order chi connectivity index (χ0) is 26.7. The molecule has 0 atom stereocenters. The Balaban J connectivity index is 1.23. The van der Waals surface area contributed by atoms with Gasteiger partial charge in [-0.05, 0) is 45.2 Å². The Morgan fingerprint density at radius 3 is 0.975 bits per heavy atom.